The Morgan fingerprint density at radius 3 is 2.38 bits per heavy atom. The van der Waals surface area contributed by atoms with Crippen molar-refractivity contribution in [2.75, 3.05) is 6.54 Å². The molecule has 48 heavy (non-hydrogen) atoms. The first-order valence-electron chi connectivity index (χ1n) is 17.7. The van der Waals surface area contributed by atoms with Crippen LogP contribution >= 0.6 is 0 Å². The number of Topliss-reactive ketones (excluding diaryl/α,β-unsaturated/α-hetero) is 1. The number of nitrogens with zero attached hydrogens (tertiary/aromatic N) is 2. The Balaban J connectivity index is 1.23. The lowest BCUT2D eigenvalue weighted by Gasteiger charge is -2.48. The van der Waals surface area contributed by atoms with Crippen LogP contribution in [0.2, 0.25) is 0 Å². The van der Waals surface area contributed by atoms with E-state index in [0.717, 1.165) is 51.4 Å². The highest BCUT2D eigenvalue weighted by Gasteiger charge is 2.67. The minimum Gasteiger partial charge on any atom is -0.361 e. The lowest BCUT2D eigenvalue weighted by atomic mass is 9.63. The minimum absolute atomic E-state index is 0.0109. The predicted molar refractivity (Wildman–Crippen MR) is 173 cm³/mol. The second-order valence-electron chi connectivity index (χ2n) is 15.9. The minimum atomic E-state index is -0.992. The zero-order valence-electron chi connectivity index (χ0n) is 28.7. The summed E-state index contributed by atoms with van der Waals surface area (Å²) in [6.45, 7) is 9.59. The van der Waals surface area contributed by atoms with Gasteiger partial charge in [0.1, 0.15) is 29.9 Å². The van der Waals surface area contributed by atoms with Crippen LogP contribution in [0.15, 0.2) is 10.6 Å². The topological polar surface area (TPSA) is 180 Å². The van der Waals surface area contributed by atoms with E-state index in [0.29, 0.717) is 25.1 Å². The van der Waals surface area contributed by atoms with Gasteiger partial charge in [0.25, 0.3) is 11.8 Å². The quantitative estimate of drug-likeness (QED) is 0.274. The predicted octanol–water partition coefficient (Wildman–Crippen LogP) is 2.17. The Hall–Kier alpha value is -3.77. The first-order valence-corrected chi connectivity index (χ1v) is 17.7. The zero-order chi connectivity index (χ0) is 34.5. The fourth-order valence-corrected chi connectivity index (χ4v) is 9.01. The molecule has 13 heteroatoms. The van der Waals surface area contributed by atoms with Crippen molar-refractivity contribution in [2.24, 2.45) is 28.6 Å². The first kappa shape index (κ1) is 34.1. The van der Waals surface area contributed by atoms with Crippen LogP contribution in [0.4, 0.5) is 0 Å². The van der Waals surface area contributed by atoms with Crippen molar-refractivity contribution in [2.45, 2.75) is 129 Å². The number of likely N-dealkylation sites (tertiary alicyclic amines) is 1. The van der Waals surface area contributed by atoms with Crippen LogP contribution in [0.25, 0.3) is 0 Å². The van der Waals surface area contributed by atoms with Crippen LogP contribution in [0.3, 0.4) is 0 Å². The van der Waals surface area contributed by atoms with Gasteiger partial charge in [-0.15, -0.1) is 0 Å². The molecular weight excluding hydrogens is 616 g/mol. The number of ketones is 1. The molecule has 1 unspecified atom stereocenters. The van der Waals surface area contributed by atoms with Gasteiger partial charge in [-0.25, -0.2) is 0 Å². The third-order valence-corrected chi connectivity index (χ3v) is 11.7. The SMILES string of the molecule is CCC12CC[C@H]3CN(C(=O)[C@@H](NC(=O)[C@@H](NC(=O)c4cc(C)on4)C4CCCCC4)C(C)(C)C)[C@H](C(=O)N[C@@H]1C(=O)C(=O)NC1CC1)[C@H]32. The van der Waals surface area contributed by atoms with Gasteiger partial charge in [0.15, 0.2) is 5.69 Å². The molecule has 0 spiro atoms. The Bertz CT molecular complexity index is 1470. The molecule has 4 N–H and O–H groups in total. The van der Waals surface area contributed by atoms with E-state index in [2.05, 4.69) is 26.4 Å². The highest BCUT2D eigenvalue weighted by atomic mass is 16.5. The van der Waals surface area contributed by atoms with Crippen LogP contribution in [0.1, 0.15) is 108 Å². The lowest BCUT2D eigenvalue weighted by Crippen LogP contribution is -2.69. The number of hydrogen-bond donors (Lipinski definition) is 4. The number of amides is 5. The Morgan fingerprint density at radius 2 is 1.77 bits per heavy atom. The average Bonchev–Trinajstić information content (AvgIpc) is 3.43. The summed E-state index contributed by atoms with van der Waals surface area (Å²) >= 11 is 0. The van der Waals surface area contributed by atoms with Crippen molar-refractivity contribution < 1.29 is 33.3 Å². The molecule has 13 nitrogen and oxygen atoms in total. The van der Waals surface area contributed by atoms with Crippen LogP contribution in [-0.4, -0.2) is 82.1 Å². The van der Waals surface area contributed by atoms with Crippen LogP contribution in [0.5, 0.6) is 0 Å². The fourth-order valence-electron chi connectivity index (χ4n) is 9.01. The number of carbonyl (C=O) groups excluding carboxylic acids is 6. The summed E-state index contributed by atoms with van der Waals surface area (Å²) in [5, 5.41) is 15.4. The van der Waals surface area contributed by atoms with E-state index in [-0.39, 0.29) is 35.4 Å². The second-order valence-corrected chi connectivity index (χ2v) is 15.9. The van der Waals surface area contributed by atoms with Crippen LogP contribution in [-0.2, 0) is 24.0 Å². The Morgan fingerprint density at radius 1 is 1.06 bits per heavy atom. The van der Waals surface area contributed by atoms with Crippen molar-refractivity contribution in [1.82, 2.24) is 31.3 Å². The summed E-state index contributed by atoms with van der Waals surface area (Å²) in [6.07, 6.45) is 8.14. The van der Waals surface area contributed by atoms with Crippen molar-refractivity contribution in [3.63, 3.8) is 0 Å². The molecule has 0 bridgehead atoms. The van der Waals surface area contributed by atoms with Crippen LogP contribution in [0, 0.1) is 35.5 Å². The average molecular weight is 667 g/mol. The maximum absolute atomic E-state index is 14.6. The molecule has 5 aliphatic rings. The molecule has 3 heterocycles. The molecule has 5 fully saturated rings. The smallest absolute Gasteiger partial charge is 0.289 e. The number of piperidine rings is 1. The Kier molecular flexibility index (Phi) is 9.18. The molecule has 2 saturated heterocycles. The number of aryl methyl sites for hydroxylation is 1. The fraction of sp³-hybridized carbons (Fsp3) is 0.743. The lowest BCUT2D eigenvalue weighted by molar-refractivity contribution is -0.153. The van der Waals surface area contributed by atoms with E-state index >= 15 is 0 Å². The molecule has 1 aromatic rings. The number of hydrogen-bond acceptors (Lipinski definition) is 8. The molecule has 3 aliphatic carbocycles. The number of nitrogens with one attached hydrogen (secondary N) is 4. The normalized spacial score (nSPS) is 29.8. The standard InChI is InChI=1S/C35H50N6O7/c1-6-35-15-14-20-17-41(25(23(20)35)31(45)38-27(35)26(42)32(46)36-21-12-13-21)33(47)28(34(3,4)5)39-30(44)24(19-10-8-7-9-11-19)37-29(43)22-16-18(2)48-40-22/h16,19-21,23-25,27-28H,6-15,17H2,1-5H3,(H,36,46)(H,37,43)(H,38,45)(H,39,44)/t20-,23-,24-,25-,27+,28+,35?/m0/s1. The van der Waals surface area contributed by atoms with Crippen molar-refractivity contribution in [3.8, 4) is 0 Å². The van der Waals surface area contributed by atoms with Crippen molar-refractivity contribution >= 4 is 35.3 Å². The van der Waals surface area contributed by atoms with Gasteiger partial charge in [0, 0.05) is 30.0 Å². The maximum Gasteiger partial charge on any atom is 0.289 e. The summed E-state index contributed by atoms with van der Waals surface area (Å²) in [6, 6.07) is -2.10. The van der Waals surface area contributed by atoms with Gasteiger partial charge < -0.3 is 30.7 Å². The van der Waals surface area contributed by atoms with Crippen molar-refractivity contribution in [3.05, 3.63) is 17.5 Å². The van der Waals surface area contributed by atoms with Gasteiger partial charge in [-0.1, -0.05) is 52.1 Å². The van der Waals surface area contributed by atoms with Gasteiger partial charge in [0.05, 0.1) is 0 Å². The molecule has 0 radical (unpaired) electrons. The molecule has 3 saturated carbocycles. The molecule has 1 aromatic heterocycles. The van der Waals surface area contributed by atoms with Gasteiger partial charge >= 0.3 is 0 Å². The summed E-state index contributed by atoms with van der Waals surface area (Å²) in [4.78, 5) is 83.7. The maximum atomic E-state index is 14.6. The van der Waals surface area contributed by atoms with E-state index in [4.69, 9.17) is 4.52 Å². The molecule has 7 atom stereocenters. The molecule has 5 amide bonds. The monoisotopic (exact) mass is 666 g/mol. The van der Waals surface area contributed by atoms with E-state index in [1.165, 1.54) is 6.07 Å². The van der Waals surface area contributed by atoms with E-state index in [1.807, 2.05) is 27.7 Å². The third kappa shape index (κ3) is 6.24. The molecule has 2 aliphatic heterocycles. The largest absolute Gasteiger partial charge is 0.361 e. The summed E-state index contributed by atoms with van der Waals surface area (Å²) < 4.78 is 5.08. The van der Waals surface area contributed by atoms with E-state index < -0.39 is 64.4 Å². The van der Waals surface area contributed by atoms with E-state index in [9.17, 15) is 28.8 Å². The van der Waals surface area contributed by atoms with Gasteiger partial charge in [0.2, 0.25) is 23.5 Å². The van der Waals surface area contributed by atoms with Gasteiger partial charge in [-0.2, -0.15) is 0 Å². The molecular formula is C35H50N6O7. The van der Waals surface area contributed by atoms with Crippen molar-refractivity contribution in [1.29, 1.82) is 0 Å². The van der Waals surface area contributed by atoms with E-state index in [1.54, 1.807) is 11.8 Å². The number of carbonyl (C=O) groups is 6. The first-order chi connectivity index (χ1) is 22.7. The third-order valence-electron chi connectivity index (χ3n) is 11.7. The van der Waals surface area contributed by atoms with Gasteiger partial charge in [-0.3, -0.25) is 28.8 Å². The second kappa shape index (κ2) is 12.9. The number of rotatable bonds is 10. The van der Waals surface area contributed by atoms with Gasteiger partial charge in [-0.05, 0) is 69.1 Å². The zero-order valence-corrected chi connectivity index (χ0v) is 28.7. The summed E-state index contributed by atoms with van der Waals surface area (Å²) in [7, 11) is 0. The number of aromatic nitrogens is 1. The Labute approximate surface area is 281 Å². The molecule has 262 valence electrons. The molecule has 0 aromatic carbocycles. The highest BCUT2D eigenvalue weighted by Crippen LogP contribution is 2.59. The summed E-state index contributed by atoms with van der Waals surface area (Å²) in [5.74, 6) is -2.97. The molecule has 6 rings (SSSR count). The highest BCUT2D eigenvalue weighted by molar-refractivity contribution is 6.39. The van der Waals surface area contributed by atoms with Crippen LogP contribution < -0.4 is 21.3 Å². The summed E-state index contributed by atoms with van der Waals surface area (Å²) in [5.41, 5.74) is -1.30.